The number of nitrogens with one attached hydrogen (secondary N) is 1. The third-order valence-corrected chi connectivity index (χ3v) is 4.60. The Hall–Kier alpha value is -0.460. The summed E-state index contributed by atoms with van der Waals surface area (Å²) in [4.78, 5) is 10.7. The Balaban J connectivity index is 4.84. The fourth-order valence-electron chi connectivity index (χ4n) is 0.729. The van der Waals surface area contributed by atoms with Crippen molar-refractivity contribution in [2.24, 2.45) is 0 Å². The second kappa shape index (κ2) is 5.58. The number of carbonyl (C=O) groups excluding carboxylic acids is 1. The summed E-state index contributed by atoms with van der Waals surface area (Å²) in [6.07, 6.45) is 0. The van der Waals surface area contributed by atoms with Gasteiger partial charge in [-0.3, -0.25) is 4.79 Å². The van der Waals surface area contributed by atoms with Gasteiger partial charge in [0, 0.05) is 17.6 Å². The first-order chi connectivity index (χ1) is 6.64. The lowest BCUT2D eigenvalue weighted by Gasteiger charge is -2.08. The Bertz CT molecular complexity index is 408. The van der Waals surface area contributed by atoms with Crippen LogP contribution in [-0.2, 0) is 13.8 Å². The largest absolute Gasteiger partial charge is 0.321 e. The first kappa shape index (κ1) is 14.5. The summed E-state index contributed by atoms with van der Waals surface area (Å²) in [6.45, 7) is 8.04. The molecule has 4 nitrogen and oxygen atoms in total. The quantitative estimate of drug-likeness (QED) is 0.795. The van der Waals surface area contributed by atoms with Crippen molar-refractivity contribution in [3.8, 4) is 0 Å². The van der Waals surface area contributed by atoms with Crippen molar-refractivity contribution in [2.45, 2.75) is 20.8 Å². The summed E-state index contributed by atoms with van der Waals surface area (Å²) >= 11 is 0.821. The van der Waals surface area contributed by atoms with Crippen molar-refractivity contribution in [1.82, 2.24) is 5.32 Å². The van der Waals surface area contributed by atoms with Gasteiger partial charge in [-0.15, -0.1) is 0 Å². The van der Waals surface area contributed by atoms with Crippen LogP contribution in [0, 0.1) is 0 Å². The van der Waals surface area contributed by atoms with Crippen LogP contribution >= 0.6 is 22.4 Å². The molecule has 0 aliphatic heterocycles. The molecule has 0 heterocycles. The van der Waals surface area contributed by atoms with Crippen LogP contribution in [0.15, 0.2) is 21.4 Å². The number of hydrogen-bond donors (Lipinski definition) is 1. The van der Waals surface area contributed by atoms with Crippen LogP contribution < -0.4 is 5.32 Å². The van der Waals surface area contributed by atoms with Gasteiger partial charge in [-0.1, -0.05) is 18.3 Å². The standard InChI is InChI=1S/C8H12ClNO3S2/c1-5(2)8(15(9,12)13)14-7(4)10-6(3)11/h4H2,1-3H3,(H,10,11). The summed E-state index contributed by atoms with van der Waals surface area (Å²) in [6, 6.07) is 0. The number of thioether (sulfide) groups is 1. The number of carbonyl (C=O) groups is 1. The zero-order chi connectivity index (χ0) is 12.2. The highest BCUT2D eigenvalue weighted by Gasteiger charge is 2.18. The summed E-state index contributed by atoms with van der Waals surface area (Å²) in [5, 5.41) is 2.60. The maximum absolute atomic E-state index is 11.1. The van der Waals surface area contributed by atoms with Gasteiger partial charge in [-0.05, 0) is 19.4 Å². The van der Waals surface area contributed by atoms with Crippen LogP contribution in [0.2, 0.25) is 0 Å². The van der Waals surface area contributed by atoms with Gasteiger partial charge in [0.2, 0.25) is 5.91 Å². The lowest BCUT2D eigenvalue weighted by Crippen LogP contribution is -2.16. The number of rotatable bonds is 4. The maximum Gasteiger partial charge on any atom is 0.267 e. The van der Waals surface area contributed by atoms with E-state index in [1.165, 1.54) is 6.92 Å². The van der Waals surface area contributed by atoms with Crippen LogP contribution in [0.5, 0.6) is 0 Å². The first-order valence-corrected chi connectivity index (χ1v) is 7.03. The Morgan fingerprint density at radius 1 is 1.33 bits per heavy atom. The van der Waals surface area contributed by atoms with Gasteiger partial charge in [0.25, 0.3) is 9.05 Å². The third-order valence-electron chi connectivity index (χ3n) is 1.16. The van der Waals surface area contributed by atoms with Gasteiger partial charge < -0.3 is 5.32 Å². The van der Waals surface area contributed by atoms with E-state index in [-0.39, 0.29) is 15.2 Å². The summed E-state index contributed by atoms with van der Waals surface area (Å²) in [5.74, 6) is -0.312. The zero-order valence-corrected chi connectivity index (χ0v) is 11.0. The molecule has 0 aromatic rings. The van der Waals surface area contributed by atoms with Gasteiger partial charge in [0.15, 0.2) is 0 Å². The monoisotopic (exact) mass is 269 g/mol. The van der Waals surface area contributed by atoms with Crippen LogP contribution in [0.4, 0.5) is 0 Å². The summed E-state index contributed by atoms with van der Waals surface area (Å²) in [5.41, 5.74) is 0.543. The summed E-state index contributed by atoms with van der Waals surface area (Å²) in [7, 11) is 1.42. The Kier molecular flexibility index (Phi) is 5.41. The smallest absolute Gasteiger partial charge is 0.267 e. The molecule has 86 valence electrons. The van der Waals surface area contributed by atoms with E-state index in [0.717, 1.165) is 11.8 Å². The molecule has 15 heavy (non-hydrogen) atoms. The number of allylic oxidation sites excluding steroid dienone is 1. The highest BCUT2D eigenvalue weighted by molar-refractivity contribution is 8.30. The molecular formula is C8H12ClNO3S2. The average Bonchev–Trinajstić information content (AvgIpc) is 1.95. The van der Waals surface area contributed by atoms with Crippen LogP contribution in [0.25, 0.3) is 0 Å². The zero-order valence-electron chi connectivity index (χ0n) is 8.63. The number of amides is 1. The number of hydrogen-bond acceptors (Lipinski definition) is 4. The normalized spacial score (nSPS) is 10.7. The third kappa shape index (κ3) is 5.86. The Morgan fingerprint density at radius 3 is 2.07 bits per heavy atom. The molecule has 0 unspecified atom stereocenters. The topological polar surface area (TPSA) is 63.2 Å². The molecule has 0 aliphatic carbocycles. The van der Waals surface area contributed by atoms with Crippen LogP contribution in [0.3, 0.4) is 0 Å². The fraction of sp³-hybridized carbons (Fsp3) is 0.375. The van der Waals surface area contributed by atoms with E-state index in [9.17, 15) is 13.2 Å². The minimum Gasteiger partial charge on any atom is -0.321 e. The molecule has 0 spiro atoms. The Morgan fingerprint density at radius 2 is 1.80 bits per heavy atom. The van der Waals surface area contributed by atoms with E-state index in [2.05, 4.69) is 11.9 Å². The van der Waals surface area contributed by atoms with E-state index in [1.807, 2.05) is 0 Å². The highest BCUT2D eigenvalue weighted by Crippen LogP contribution is 2.32. The molecule has 0 aliphatic rings. The van der Waals surface area contributed by atoms with E-state index < -0.39 is 9.05 Å². The molecule has 0 aromatic heterocycles. The van der Waals surface area contributed by atoms with Gasteiger partial charge in [0.1, 0.15) is 4.24 Å². The van der Waals surface area contributed by atoms with E-state index >= 15 is 0 Å². The molecular weight excluding hydrogens is 258 g/mol. The molecule has 1 N–H and O–H groups in total. The van der Waals surface area contributed by atoms with Crippen molar-refractivity contribution >= 4 is 37.4 Å². The van der Waals surface area contributed by atoms with Crippen LogP contribution in [-0.4, -0.2) is 14.3 Å². The second-order valence-electron chi connectivity index (χ2n) is 2.93. The molecule has 0 bridgehead atoms. The minimum absolute atomic E-state index is 0.0112. The van der Waals surface area contributed by atoms with Gasteiger partial charge in [0.05, 0.1) is 5.03 Å². The van der Waals surface area contributed by atoms with Crippen molar-refractivity contribution in [3.63, 3.8) is 0 Å². The second-order valence-corrected chi connectivity index (χ2v) is 6.80. The molecule has 0 rings (SSSR count). The van der Waals surface area contributed by atoms with E-state index in [4.69, 9.17) is 10.7 Å². The molecule has 0 aromatic carbocycles. The molecule has 7 heteroatoms. The Labute approximate surface area is 98.2 Å². The van der Waals surface area contributed by atoms with Crippen molar-refractivity contribution in [3.05, 3.63) is 21.4 Å². The first-order valence-electron chi connectivity index (χ1n) is 3.91. The summed E-state index contributed by atoms with van der Waals surface area (Å²) < 4.78 is 22.2. The van der Waals surface area contributed by atoms with Crippen LogP contribution in [0.1, 0.15) is 20.8 Å². The number of halogens is 1. The minimum atomic E-state index is -3.79. The lowest BCUT2D eigenvalue weighted by atomic mass is 10.4. The van der Waals surface area contributed by atoms with E-state index in [1.54, 1.807) is 13.8 Å². The lowest BCUT2D eigenvalue weighted by molar-refractivity contribution is -0.118. The maximum atomic E-state index is 11.1. The molecule has 0 fully saturated rings. The van der Waals surface area contributed by atoms with Gasteiger partial charge in [-0.25, -0.2) is 8.42 Å². The van der Waals surface area contributed by atoms with Crippen molar-refractivity contribution in [2.75, 3.05) is 0 Å². The van der Waals surface area contributed by atoms with E-state index in [0.29, 0.717) is 5.57 Å². The highest BCUT2D eigenvalue weighted by atomic mass is 35.7. The predicted molar refractivity (Wildman–Crippen MR) is 63.7 cm³/mol. The van der Waals surface area contributed by atoms with Crippen molar-refractivity contribution in [1.29, 1.82) is 0 Å². The fourth-order valence-corrected chi connectivity index (χ4v) is 3.29. The van der Waals surface area contributed by atoms with Gasteiger partial charge >= 0.3 is 0 Å². The predicted octanol–water partition coefficient (Wildman–Crippen LogP) is 2.15. The van der Waals surface area contributed by atoms with Crippen molar-refractivity contribution < 1.29 is 13.2 Å². The van der Waals surface area contributed by atoms with Gasteiger partial charge in [-0.2, -0.15) is 0 Å². The molecule has 1 amide bonds. The molecule has 0 radical (unpaired) electrons. The average molecular weight is 270 g/mol. The molecule has 0 saturated carbocycles. The molecule has 0 saturated heterocycles. The molecule has 0 atom stereocenters. The SMILES string of the molecule is C=C(NC(C)=O)SC(=C(C)C)S(=O)(=O)Cl.